The molecule has 6 heteroatoms. The van der Waals surface area contributed by atoms with E-state index in [1.165, 1.54) is 5.56 Å². The van der Waals surface area contributed by atoms with Crippen molar-refractivity contribution in [2.45, 2.75) is 27.2 Å². The number of aryl methyl sites for hydroxylation is 3. The molecule has 1 amide bonds. The first-order chi connectivity index (χ1) is 10.8. The number of sulfone groups is 1. The van der Waals surface area contributed by atoms with Crippen LogP contribution in [0, 0.1) is 26.7 Å². The van der Waals surface area contributed by atoms with E-state index in [0.717, 1.165) is 22.0 Å². The van der Waals surface area contributed by atoms with Crippen molar-refractivity contribution in [2.75, 3.05) is 18.1 Å². The van der Waals surface area contributed by atoms with E-state index in [1.807, 2.05) is 20.8 Å². The van der Waals surface area contributed by atoms with E-state index in [-0.39, 0.29) is 23.3 Å². The van der Waals surface area contributed by atoms with Crippen LogP contribution in [0.25, 0.3) is 10.9 Å². The molecular formula is C17H22N2O3S. The van der Waals surface area contributed by atoms with Crippen molar-refractivity contribution in [3.8, 4) is 0 Å². The van der Waals surface area contributed by atoms with Crippen molar-refractivity contribution in [2.24, 2.45) is 5.92 Å². The topological polar surface area (TPSA) is 79.0 Å². The largest absolute Gasteiger partial charge is 0.350 e. The summed E-state index contributed by atoms with van der Waals surface area (Å²) in [5.74, 6) is 0.270. The fraction of sp³-hybridized carbons (Fsp3) is 0.471. The Morgan fingerprint density at radius 3 is 2.70 bits per heavy atom. The predicted octanol–water partition coefficient (Wildman–Crippen LogP) is 2.26. The second-order valence-electron chi connectivity index (χ2n) is 6.61. The van der Waals surface area contributed by atoms with Crippen molar-refractivity contribution in [1.29, 1.82) is 0 Å². The standard InChI is InChI=1S/C17H22N2O3S/c1-10-6-11(2)15-14(7-10)12(3)16(19-15)17(20)18-8-13-4-5-23(21,22)9-13/h6-7,13,19H,4-5,8-9H2,1-3H3,(H,18,20). The molecule has 1 aromatic heterocycles. The Morgan fingerprint density at radius 2 is 2.04 bits per heavy atom. The molecule has 0 saturated carbocycles. The molecule has 124 valence electrons. The van der Waals surface area contributed by atoms with Crippen LogP contribution in [0.1, 0.15) is 33.6 Å². The molecule has 1 aliphatic heterocycles. The summed E-state index contributed by atoms with van der Waals surface area (Å²) in [5, 5.41) is 3.95. The number of aromatic nitrogens is 1. The summed E-state index contributed by atoms with van der Waals surface area (Å²) in [6, 6.07) is 4.16. The van der Waals surface area contributed by atoms with Crippen molar-refractivity contribution in [3.05, 3.63) is 34.5 Å². The van der Waals surface area contributed by atoms with Crippen LogP contribution in [0.15, 0.2) is 12.1 Å². The van der Waals surface area contributed by atoms with Crippen molar-refractivity contribution >= 4 is 26.6 Å². The summed E-state index contributed by atoms with van der Waals surface area (Å²) >= 11 is 0. The number of benzene rings is 1. The number of fused-ring (bicyclic) bond motifs is 1. The Balaban J connectivity index is 1.79. The average molecular weight is 334 g/mol. The maximum absolute atomic E-state index is 12.5. The minimum atomic E-state index is -2.91. The molecule has 1 fully saturated rings. The van der Waals surface area contributed by atoms with Gasteiger partial charge in [0.25, 0.3) is 5.91 Å². The lowest BCUT2D eigenvalue weighted by atomic mass is 10.1. The Kier molecular flexibility index (Phi) is 3.96. The molecule has 23 heavy (non-hydrogen) atoms. The fourth-order valence-electron chi connectivity index (χ4n) is 3.37. The van der Waals surface area contributed by atoms with Gasteiger partial charge in [-0.2, -0.15) is 0 Å². The highest BCUT2D eigenvalue weighted by molar-refractivity contribution is 7.91. The molecule has 0 aliphatic carbocycles. The van der Waals surface area contributed by atoms with Crippen molar-refractivity contribution in [1.82, 2.24) is 10.3 Å². The minimum Gasteiger partial charge on any atom is -0.350 e. The van der Waals surface area contributed by atoms with E-state index in [2.05, 4.69) is 22.4 Å². The number of H-pyrrole nitrogens is 1. The zero-order valence-electron chi connectivity index (χ0n) is 13.7. The van der Waals surface area contributed by atoms with Gasteiger partial charge in [0.2, 0.25) is 0 Å². The smallest absolute Gasteiger partial charge is 0.268 e. The van der Waals surface area contributed by atoms with E-state index >= 15 is 0 Å². The number of aromatic amines is 1. The summed E-state index contributed by atoms with van der Waals surface area (Å²) in [7, 11) is -2.91. The van der Waals surface area contributed by atoms with Gasteiger partial charge in [0.15, 0.2) is 9.84 Å². The minimum absolute atomic E-state index is 0.0256. The third-order valence-electron chi connectivity index (χ3n) is 4.61. The number of nitrogens with one attached hydrogen (secondary N) is 2. The third-order valence-corrected chi connectivity index (χ3v) is 6.45. The molecule has 5 nitrogen and oxygen atoms in total. The van der Waals surface area contributed by atoms with Crippen LogP contribution in [0.5, 0.6) is 0 Å². The quantitative estimate of drug-likeness (QED) is 0.903. The summed E-state index contributed by atoms with van der Waals surface area (Å²) in [5.41, 5.74) is 4.77. The van der Waals surface area contributed by atoms with Gasteiger partial charge in [0.05, 0.1) is 11.5 Å². The van der Waals surface area contributed by atoms with E-state index in [0.29, 0.717) is 18.7 Å². The fourth-order valence-corrected chi connectivity index (χ4v) is 5.23. The Labute approximate surface area is 136 Å². The van der Waals surface area contributed by atoms with Crippen LogP contribution in [0.4, 0.5) is 0 Å². The Bertz CT molecular complexity index is 881. The number of hydrogen-bond acceptors (Lipinski definition) is 3. The highest BCUT2D eigenvalue weighted by Gasteiger charge is 2.28. The van der Waals surface area contributed by atoms with E-state index in [9.17, 15) is 13.2 Å². The lowest BCUT2D eigenvalue weighted by Gasteiger charge is -2.09. The van der Waals surface area contributed by atoms with Crippen LogP contribution in [0.2, 0.25) is 0 Å². The van der Waals surface area contributed by atoms with E-state index in [4.69, 9.17) is 0 Å². The lowest BCUT2D eigenvalue weighted by Crippen LogP contribution is -2.30. The molecule has 0 spiro atoms. The van der Waals surface area contributed by atoms with Gasteiger partial charge < -0.3 is 10.3 Å². The molecule has 0 radical (unpaired) electrons. The molecule has 1 aliphatic rings. The van der Waals surface area contributed by atoms with Gasteiger partial charge in [0, 0.05) is 17.4 Å². The van der Waals surface area contributed by atoms with Gasteiger partial charge in [-0.25, -0.2) is 8.42 Å². The SMILES string of the molecule is Cc1cc(C)c2[nH]c(C(=O)NCC3CCS(=O)(=O)C3)c(C)c2c1. The summed E-state index contributed by atoms with van der Waals surface area (Å²) < 4.78 is 23.0. The van der Waals surface area contributed by atoms with E-state index < -0.39 is 9.84 Å². The lowest BCUT2D eigenvalue weighted by molar-refractivity contribution is 0.0943. The van der Waals surface area contributed by atoms with Crippen LogP contribution in [-0.2, 0) is 9.84 Å². The van der Waals surface area contributed by atoms with Gasteiger partial charge >= 0.3 is 0 Å². The maximum Gasteiger partial charge on any atom is 0.268 e. The van der Waals surface area contributed by atoms with Crippen LogP contribution >= 0.6 is 0 Å². The van der Waals surface area contributed by atoms with Crippen molar-refractivity contribution in [3.63, 3.8) is 0 Å². The molecule has 0 bridgehead atoms. The zero-order valence-corrected chi connectivity index (χ0v) is 14.5. The maximum atomic E-state index is 12.5. The number of carbonyl (C=O) groups is 1. The number of carbonyl (C=O) groups excluding carboxylic acids is 1. The van der Waals surface area contributed by atoms with Gasteiger partial charge in [-0.1, -0.05) is 11.6 Å². The summed E-state index contributed by atoms with van der Waals surface area (Å²) in [6.45, 7) is 6.41. The monoisotopic (exact) mass is 334 g/mol. The second kappa shape index (κ2) is 5.67. The first-order valence-corrected chi connectivity index (χ1v) is 9.67. The molecule has 2 aromatic rings. The Hall–Kier alpha value is -1.82. The predicted molar refractivity (Wildman–Crippen MR) is 91.6 cm³/mol. The number of amides is 1. The summed E-state index contributed by atoms with van der Waals surface area (Å²) in [6.07, 6.45) is 0.632. The first kappa shape index (κ1) is 16.1. The van der Waals surface area contributed by atoms with Gasteiger partial charge in [0.1, 0.15) is 5.69 Å². The van der Waals surface area contributed by atoms with Gasteiger partial charge in [-0.05, 0) is 50.3 Å². The number of rotatable bonds is 3. The Morgan fingerprint density at radius 1 is 1.30 bits per heavy atom. The average Bonchev–Trinajstić information content (AvgIpc) is 2.97. The molecule has 1 saturated heterocycles. The highest BCUT2D eigenvalue weighted by atomic mass is 32.2. The summed E-state index contributed by atoms with van der Waals surface area (Å²) in [4.78, 5) is 15.7. The molecule has 1 aromatic carbocycles. The third kappa shape index (κ3) is 3.13. The number of hydrogen-bond donors (Lipinski definition) is 2. The molecule has 2 N–H and O–H groups in total. The molecule has 1 atom stereocenters. The van der Waals surface area contributed by atoms with Crippen LogP contribution in [-0.4, -0.2) is 37.4 Å². The first-order valence-electron chi connectivity index (χ1n) is 7.85. The zero-order chi connectivity index (χ0) is 16.8. The normalized spacial score (nSPS) is 20.0. The second-order valence-corrected chi connectivity index (χ2v) is 8.84. The van der Waals surface area contributed by atoms with Gasteiger partial charge in [-0.15, -0.1) is 0 Å². The van der Waals surface area contributed by atoms with Crippen LogP contribution < -0.4 is 5.32 Å². The van der Waals surface area contributed by atoms with Crippen molar-refractivity contribution < 1.29 is 13.2 Å². The molecule has 2 heterocycles. The molecular weight excluding hydrogens is 312 g/mol. The van der Waals surface area contributed by atoms with Gasteiger partial charge in [-0.3, -0.25) is 4.79 Å². The van der Waals surface area contributed by atoms with E-state index in [1.54, 1.807) is 0 Å². The van der Waals surface area contributed by atoms with Crippen LogP contribution in [0.3, 0.4) is 0 Å². The molecule has 3 rings (SSSR count). The molecule has 1 unspecified atom stereocenters. The highest BCUT2D eigenvalue weighted by Crippen LogP contribution is 2.26.